The van der Waals surface area contributed by atoms with Crippen molar-refractivity contribution in [2.24, 2.45) is 0 Å². The van der Waals surface area contributed by atoms with Crippen LogP contribution in [-0.4, -0.2) is 5.75 Å². The van der Waals surface area contributed by atoms with Gasteiger partial charge in [0, 0.05) is 9.92 Å². The fourth-order valence-electron chi connectivity index (χ4n) is 1.07. The van der Waals surface area contributed by atoms with Gasteiger partial charge in [0.15, 0.2) is 0 Å². The van der Waals surface area contributed by atoms with E-state index in [0.717, 1.165) is 5.02 Å². The molecule has 0 aliphatic rings. The third-order valence-electron chi connectivity index (χ3n) is 1.97. The Bertz CT molecular complexity index is 271. The van der Waals surface area contributed by atoms with Crippen molar-refractivity contribution in [3.63, 3.8) is 0 Å². The molecule has 0 fully saturated rings. The van der Waals surface area contributed by atoms with Gasteiger partial charge < -0.3 is 0 Å². The zero-order valence-electron chi connectivity index (χ0n) is 8.14. The topological polar surface area (TPSA) is 0 Å². The zero-order valence-corrected chi connectivity index (χ0v) is 9.71. The normalized spacial score (nSPS) is 10.4. The van der Waals surface area contributed by atoms with E-state index in [1.165, 1.54) is 29.1 Å². The van der Waals surface area contributed by atoms with E-state index in [-0.39, 0.29) is 0 Å². The van der Waals surface area contributed by atoms with Gasteiger partial charge in [-0.1, -0.05) is 31.0 Å². The Morgan fingerprint density at radius 3 is 2.85 bits per heavy atom. The molecule has 0 aliphatic heterocycles. The molecule has 2 heteroatoms. The lowest BCUT2D eigenvalue weighted by molar-refractivity contribution is 0.896. The number of hydrogen-bond donors (Lipinski definition) is 0. The highest BCUT2D eigenvalue weighted by molar-refractivity contribution is 7.99. The van der Waals surface area contributed by atoms with Gasteiger partial charge in [0.25, 0.3) is 0 Å². The van der Waals surface area contributed by atoms with E-state index < -0.39 is 0 Å². The van der Waals surface area contributed by atoms with Crippen molar-refractivity contribution in [3.05, 3.63) is 28.8 Å². The molecule has 0 nitrogen and oxygen atoms in total. The Morgan fingerprint density at radius 2 is 2.15 bits per heavy atom. The van der Waals surface area contributed by atoms with Crippen molar-refractivity contribution >= 4 is 23.4 Å². The second kappa shape index (κ2) is 5.56. The van der Waals surface area contributed by atoms with Crippen molar-refractivity contribution in [3.8, 4) is 0 Å². The molecule has 0 radical (unpaired) electrons. The van der Waals surface area contributed by atoms with E-state index in [2.05, 4.69) is 19.9 Å². The SMILES string of the molecule is CCCCSc1cccc(Cl)c1C. The summed E-state index contributed by atoms with van der Waals surface area (Å²) in [6, 6.07) is 6.10. The van der Waals surface area contributed by atoms with Crippen molar-refractivity contribution in [2.45, 2.75) is 31.6 Å². The fraction of sp³-hybridized carbons (Fsp3) is 0.455. The molecule has 72 valence electrons. The van der Waals surface area contributed by atoms with Crippen molar-refractivity contribution in [1.82, 2.24) is 0 Å². The summed E-state index contributed by atoms with van der Waals surface area (Å²) in [5.74, 6) is 1.19. The lowest BCUT2D eigenvalue weighted by Gasteiger charge is -2.05. The summed E-state index contributed by atoms with van der Waals surface area (Å²) in [5, 5.41) is 0.876. The van der Waals surface area contributed by atoms with Crippen molar-refractivity contribution in [2.75, 3.05) is 5.75 Å². The van der Waals surface area contributed by atoms with Gasteiger partial charge in [-0.3, -0.25) is 0 Å². The minimum absolute atomic E-state index is 0.876. The molecule has 13 heavy (non-hydrogen) atoms. The number of hydrogen-bond acceptors (Lipinski definition) is 1. The lowest BCUT2D eigenvalue weighted by Crippen LogP contribution is -1.83. The molecular formula is C11H15ClS. The molecule has 0 heterocycles. The Kier molecular flexibility index (Phi) is 4.68. The van der Waals surface area contributed by atoms with Crippen LogP contribution in [0.1, 0.15) is 25.3 Å². The first kappa shape index (κ1) is 10.9. The van der Waals surface area contributed by atoms with Gasteiger partial charge in [0.2, 0.25) is 0 Å². The van der Waals surface area contributed by atoms with Crippen molar-refractivity contribution in [1.29, 1.82) is 0 Å². The standard InChI is InChI=1S/C11H15ClS/c1-3-4-8-13-11-7-5-6-10(12)9(11)2/h5-7H,3-4,8H2,1-2H3. The lowest BCUT2D eigenvalue weighted by atomic mass is 10.2. The molecule has 1 rings (SSSR count). The van der Waals surface area contributed by atoms with Crippen LogP contribution in [0.4, 0.5) is 0 Å². The third-order valence-corrected chi connectivity index (χ3v) is 3.63. The number of benzene rings is 1. The van der Waals surface area contributed by atoms with Gasteiger partial charge in [-0.25, -0.2) is 0 Å². The van der Waals surface area contributed by atoms with E-state index in [9.17, 15) is 0 Å². The summed E-state index contributed by atoms with van der Waals surface area (Å²) in [5.41, 5.74) is 1.21. The molecule has 0 spiro atoms. The average Bonchev–Trinajstić information content (AvgIpc) is 2.13. The average molecular weight is 215 g/mol. The quantitative estimate of drug-likeness (QED) is 0.524. The maximum atomic E-state index is 6.01. The van der Waals surface area contributed by atoms with E-state index in [1.807, 2.05) is 23.9 Å². The Balaban J connectivity index is 2.61. The van der Waals surface area contributed by atoms with Crippen LogP contribution >= 0.6 is 23.4 Å². The predicted molar refractivity (Wildman–Crippen MR) is 61.8 cm³/mol. The van der Waals surface area contributed by atoms with Gasteiger partial charge >= 0.3 is 0 Å². The van der Waals surface area contributed by atoms with E-state index in [4.69, 9.17) is 11.6 Å². The number of thioether (sulfide) groups is 1. The molecule has 0 amide bonds. The smallest absolute Gasteiger partial charge is 0.0446 e. The second-order valence-corrected chi connectivity index (χ2v) is 4.61. The van der Waals surface area contributed by atoms with E-state index in [1.54, 1.807) is 0 Å². The van der Waals surface area contributed by atoms with Gasteiger partial charge in [-0.15, -0.1) is 11.8 Å². The Hall–Kier alpha value is -0.140. The molecule has 0 aliphatic carbocycles. The maximum absolute atomic E-state index is 6.01. The highest BCUT2D eigenvalue weighted by Gasteiger charge is 2.01. The van der Waals surface area contributed by atoms with Crippen molar-refractivity contribution < 1.29 is 0 Å². The highest BCUT2D eigenvalue weighted by Crippen LogP contribution is 2.27. The maximum Gasteiger partial charge on any atom is 0.0446 e. The first-order valence-corrected chi connectivity index (χ1v) is 6.00. The summed E-state index contributed by atoms with van der Waals surface area (Å²) in [7, 11) is 0. The molecule has 0 saturated carbocycles. The van der Waals surface area contributed by atoms with Gasteiger partial charge in [0.1, 0.15) is 0 Å². The molecule has 1 aromatic carbocycles. The largest absolute Gasteiger partial charge is 0.126 e. The van der Waals surface area contributed by atoms with Crippen LogP contribution < -0.4 is 0 Å². The van der Waals surface area contributed by atoms with Crippen LogP contribution in [0.3, 0.4) is 0 Å². The van der Waals surface area contributed by atoms with Gasteiger partial charge in [-0.2, -0.15) is 0 Å². The molecule has 0 aromatic heterocycles. The molecule has 0 unspecified atom stereocenters. The third kappa shape index (κ3) is 3.24. The molecule has 0 saturated heterocycles. The molecule has 1 aromatic rings. The molecule has 0 bridgehead atoms. The van der Waals surface area contributed by atoms with Crippen LogP contribution in [0.15, 0.2) is 23.1 Å². The summed E-state index contributed by atoms with van der Waals surface area (Å²) in [6.45, 7) is 4.29. The second-order valence-electron chi connectivity index (χ2n) is 3.06. The van der Waals surface area contributed by atoms with Crippen LogP contribution in [0.2, 0.25) is 5.02 Å². The van der Waals surface area contributed by atoms with Gasteiger partial charge in [-0.05, 0) is 36.8 Å². The first-order valence-electron chi connectivity index (χ1n) is 4.63. The minimum Gasteiger partial charge on any atom is -0.126 e. The van der Waals surface area contributed by atoms with E-state index >= 15 is 0 Å². The summed E-state index contributed by atoms with van der Waals surface area (Å²) >= 11 is 7.91. The van der Waals surface area contributed by atoms with Crippen LogP contribution in [0, 0.1) is 6.92 Å². The Labute approximate surface area is 89.7 Å². The van der Waals surface area contributed by atoms with E-state index in [0.29, 0.717) is 0 Å². The summed E-state index contributed by atoms with van der Waals surface area (Å²) < 4.78 is 0. The first-order chi connectivity index (χ1) is 6.25. The van der Waals surface area contributed by atoms with Crippen LogP contribution in [-0.2, 0) is 0 Å². The number of halogens is 1. The fourth-order valence-corrected chi connectivity index (χ4v) is 2.46. The van der Waals surface area contributed by atoms with Crippen LogP contribution in [0.5, 0.6) is 0 Å². The molecule has 0 N–H and O–H groups in total. The van der Waals surface area contributed by atoms with Gasteiger partial charge in [0.05, 0.1) is 0 Å². The monoisotopic (exact) mass is 214 g/mol. The highest BCUT2D eigenvalue weighted by atomic mass is 35.5. The molecule has 0 atom stereocenters. The predicted octanol–water partition coefficient (Wildman–Crippen LogP) is 4.54. The number of unbranched alkanes of at least 4 members (excludes halogenated alkanes) is 1. The summed E-state index contributed by atoms with van der Waals surface area (Å²) in [4.78, 5) is 1.32. The van der Waals surface area contributed by atoms with Crippen LogP contribution in [0.25, 0.3) is 0 Å². The zero-order chi connectivity index (χ0) is 9.68. The molecular weight excluding hydrogens is 200 g/mol. The Morgan fingerprint density at radius 1 is 1.38 bits per heavy atom. The number of rotatable bonds is 4. The minimum atomic E-state index is 0.876. The summed E-state index contributed by atoms with van der Waals surface area (Å²) in [6.07, 6.45) is 2.53.